The van der Waals surface area contributed by atoms with Crippen LogP contribution in [0, 0.1) is 0 Å². The van der Waals surface area contributed by atoms with E-state index < -0.39 is 6.17 Å². The van der Waals surface area contributed by atoms with Crippen LogP contribution in [0.4, 0.5) is 4.39 Å². The molecular formula is C41H31FN4S. The van der Waals surface area contributed by atoms with Gasteiger partial charge in [-0.1, -0.05) is 86.3 Å². The first-order chi connectivity index (χ1) is 22.9. The number of aryl methyl sites for hydroxylation is 1. The van der Waals surface area contributed by atoms with Crippen LogP contribution in [-0.4, -0.2) is 19.1 Å². The van der Waals surface area contributed by atoms with E-state index in [2.05, 4.69) is 71.5 Å². The summed E-state index contributed by atoms with van der Waals surface area (Å²) in [4.78, 5) is 12.3. The van der Waals surface area contributed by atoms with Crippen LogP contribution in [-0.2, 0) is 12.5 Å². The molecule has 0 bridgehead atoms. The molecule has 4 heterocycles. The fourth-order valence-electron chi connectivity index (χ4n) is 7.46. The highest BCUT2D eigenvalue weighted by atomic mass is 32.2. The summed E-state index contributed by atoms with van der Waals surface area (Å²) in [5.41, 5.74) is 9.31. The lowest BCUT2D eigenvalue weighted by Crippen LogP contribution is -2.24. The van der Waals surface area contributed by atoms with Gasteiger partial charge in [0, 0.05) is 50.5 Å². The number of imidazole rings is 1. The van der Waals surface area contributed by atoms with Crippen molar-refractivity contribution in [1.82, 2.24) is 19.1 Å². The second kappa shape index (κ2) is 10.4. The number of para-hydroxylation sites is 2. The van der Waals surface area contributed by atoms with Crippen LogP contribution < -0.4 is 0 Å². The standard InChI is InChI=1S/C41H31FN4S/c1-41(2)30-16-4-7-19-34(30)47-35-21-20-33-36(37(35)41)29-15-10-22-43-40(29)46(33)28-14-9-12-26(24-28)38(42)25-11-8-13-27(23-25)39-44-31-17-5-6-18-32(31)45(39)3/h4-24,38H,1-3H3. The Bertz CT molecular complexity index is 2520. The van der Waals surface area contributed by atoms with Gasteiger partial charge in [-0.2, -0.15) is 0 Å². The third kappa shape index (κ3) is 4.21. The zero-order valence-corrected chi connectivity index (χ0v) is 27.1. The number of halogens is 1. The minimum atomic E-state index is -1.31. The van der Waals surface area contributed by atoms with Gasteiger partial charge in [-0.05, 0) is 82.9 Å². The first kappa shape index (κ1) is 28.1. The zero-order chi connectivity index (χ0) is 31.9. The molecule has 4 nitrogen and oxygen atoms in total. The molecule has 3 aromatic heterocycles. The molecule has 0 spiro atoms. The fraction of sp³-hybridized carbons (Fsp3) is 0.122. The van der Waals surface area contributed by atoms with Gasteiger partial charge in [0.15, 0.2) is 6.17 Å². The van der Waals surface area contributed by atoms with Gasteiger partial charge in [-0.25, -0.2) is 14.4 Å². The highest BCUT2D eigenvalue weighted by molar-refractivity contribution is 7.99. The lowest BCUT2D eigenvalue weighted by atomic mass is 9.76. The molecule has 0 amide bonds. The average molecular weight is 631 g/mol. The van der Waals surface area contributed by atoms with Gasteiger partial charge in [-0.3, -0.25) is 4.57 Å². The molecule has 0 fully saturated rings. The summed E-state index contributed by atoms with van der Waals surface area (Å²) in [5, 5.41) is 2.31. The van der Waals surface area contributed by atoms with Crippen molar-refractivity contribution in [1.29, 1.82) is 0 Å². The van der Waals surface area contributed by atoms with Gasteiger partial charge < -0.3 is 4.57 Å². The number of fused-ring (bicyclic) bond motifs is 7. The summed E-state index contributed by atoms with van der Waals surface area (Å²) in [5.74, 6) is 0.817. The lowest BCUT2D eigenvalue weighted by molar-refractivity contribution is 0.402. The Kier molecular flexibility index (Phi) is 6.21. The first-order valence-corrected chi connectivity index (χ1v) is 16.7. The Morgan fingerprint density at radius 1 is 0.745 bits per heavy atom. The van der Waals surface area contributed by atoms with Gasteiger partial charge in [0.1, 0.15) is 11.5 Å². The Balaban J connectivity index is 1.17. The Labute approximate surface area is 276 Å². The highest BCUT2D eigenvalue weighted by Gasteiger charge is 2.36. The predicted molar refractivity (Wildman–Crippen MR) is 190 cm³/mol. The number of benzene rings is 5. The number of pyridine rings is 1. The van der Waals surface area contributed by atoms with E-state index in [4.69, 9.17) is 9.97 Å². The lowest BCUT2D eigenvalue weighted by Gasteiger charge is -2.35. The number of rotatable bonds is 4. The van der Waals surface area contributed by atoms with Crippen LogP contribution in [0.5, 0.6) is 0 Å². The van der Waals surface area contributed by atoms with Crippen LogP contribution in [0.2, 0.25) is 0 Å². The van der Waals surface area contributed by atoms with E-state index in [9.17, 15) is 0 Å². The van der Waals surface area contributed by atoms with E-state index in [0.29, 0.717) is 11.1 Å². The number of nitrogens with zero attached hydrogens (tertiary/aromatic N) is 4. The minimum absolute atomic E-state index is 0.207. The topological polar surface area (TPSA) is 35.6 Å². The molecule has 228 valence electrons. The first-order valence-electron chi connectivity index (χ1n) is 15.9. The van der Waals surface area contributed by atoms with Crippen molar-refractivity contribution in [3.63, 3.8) is 0 Å². The van der Waals surface area contributed by atoms with Crippen molar-refractivity contribution in [2.24, 2.45) is 7.05 Å². The number of aromatic nitrogens is 4. The molecule has 0 saturated heterocycles. The van der Waals surface area contributed by atoms with Crippen molar-refractivity contribution < 1.29 is 4.39 Å². The molecule has 1 unspecified atom stereocenters. The molecule has 1 aliphatic heterocycles. The Morgan fingerprint density at radius 3 is 2.40 bits per heavy atom. The van der Waals surface area contributed by atoms with E-state index in [1.54, 1.807) is 0 Å². The molecule has 9 rings (SSSR count). The van der Waals surface area contributed by atoms with E-state index >= 15 is 4.39 Å². The molecule has 0 saturated carbocycles. The van der Waals surface area contributed by atoms with Gasteiger partial charge in [0.25, 0.3) is 0 Å². The highest BCUT2D eigenvalue weighted by Crippen LogP contribution is 2.53. The summed E-state index contributed by atoms with van der Waals surface area (Å²) in [7, 11) is 2.00. The number of alkyl halides is 1. The zero-order valence-electron chi connectivity index (χ0n) is 26.3. The maximum Gasteiger partial charge on any atom is 0.150 e. The molecule has 0 aliphatic carbocycles. The molecule has 1 aliphatic rings. The summed E-state index contributed by atoms with van der Waals surface area (Å²) in [6, 6.07) is 40.9. The predicted octanol–water partition coefficient (Wildman–Crippen LogP) is 10.6. The van der Waals surface area contributed by atoms with Crippen molar-refractivity contribution in [2.75, 3.05) is 0 Å². The quantitative estimate of drug-likeness (QED) is 0.194. The van der Waals surface area contributed by atoms with E-state index in [0.717, 1.165) is 44.7 Å². The van der Waals surface area contributed by atoms with E-state index in [1.807, 2.05) is 97.8 Å². The Morgan fingerprint density at radius 2 is 1.53 bits per heavy atom. The molecule has 6 heteroatoms. The van der Waals surface area contributed by atoms with Crippen molar-refractivity contribution in [3.05, 3.63) is 150 Å². The van der Waals surface area contributed by atoms with Crippen LogP contribution >= 0.6 is 11.8 Å². The summed E-state index contributed by atoms with van der Waals surface area (Å²) in [6.45, 7) is 4.64. The summed E-state index contributed by atoms with van der Waals surface area (Å²) < 4.78 is 20.8. The minimum Gasteiger partial charge on any atom is -0.327 e. The van der Waals surface area contributed by atoms with Crippen LogP contribution in [0.15, 0.2) is 137 Å². The second-order valence-corrected chi connectivity index (χ2v) is 13.9. The van der Waals surface area contributed by atoms with E-state index in [1.165, 1.54) is 26.3 Å². The van der Waals surface area contributed by atoms with Crippen molar-refractivity contribution in [2.45, 2.75) is 35.2 Å². The molecule has 8 aromatic rings. The van der Waals surface area contributed by atoms with Crippen molar-refractivity contribution in [3.8, 4) is 17.1 Å². The smallest absolute Gasteiger partial charge is 0.150 e. The van der Waals surface area contributed by atoms with Gasteiger partial charge in [-0.15, -0.1) is 0 Å². The number of hydrogen-bond donors (Lipinski definition) is 0. The summed E-state index contributed by atoms with van der Waals surface area (Å²) in [6.07, 6.45) is 0.526. The third-order valence-corrected chi connectivity index (χ3v) is 10.8. The van der Waals surface area contributed by atoms with Crippen LogP contribution in [0.25, 0.3) is 50.0 Å². The number of hydrogen-bond acceptors (Lipinski definition) is 3. The summed E-state index contributed by atoms with van der Waals surface area (Å²) >= 11 is 1.83. The maximum atomic E-state index is 16.5. The second-order valence-electron chi connectivity index (χ2n) is 12.8. The SMILES string of the molecule is Cn1c(-c2cccc(C(F)c3cccc(-n4c5ccc6c(c5c5cccnc54)C(C)(C)c4ccccc4S6)c3)c2)nc2ccccc21. The largest absolute Gasteiger partial charge is 0.327 e. The van der Waals surface area contributed by atoms with Gasteiger partial charge >= 0.3 is 0 Å². The third-order valence-electron chi connectivity index (χ3n) is 9.70. The monoisotopic (exact) mass is 630 g/mol. The Hall–Kier alpha value is -5.20. The molecule has 1 atom stereocenters. The molecule has 0 radical (unpaired) electrons. The van der Waals surface area contributed by atoms with Crippen LogP contribution in [0.1, 0.15) is 42.3 Å². The average Bonchev–Trinajstić information content (AvgIpc) is 3.62. The van der Waals surface area contributed by atoms with Gasteiger partial charge in [0.2, 0.25) is 0 Å². The molecular weight excluding hydrogens is 600 g/mol. The fourth-order valence-corrected chi connectivity index (χ4v) is 8.87. The molecule has 47 heavy (non-hydrogen) atoms. The normalized spacial score (nSPS) is 14.4. The van der Waals surface area contributed by atoms with Gasteiger partial charge in [0.05, 0.1) is 16.6 Å². The van der Waals surface area contributed by atoms with Crippen LogP contribution in [0.3, 0.4) is 0 Å². The van der Waals surface area contributed by atoms with E-state index in [-0.39, 0.29) is 5.41 Å². The molecule has 5 aromatic carbocycles. The van der Waals surface area contributed by atoms with Crippen molar-refractivity contribution >= 4 is 44.7 Å². The molecule has 0 N–H and O–H groups in total. The maximum absolute atomic E-state index is 16.5.